The van der Waals surface area contributed by atoms with Gasteiger partial charge in [-0.3, -0.25) is 4.79 Å². The maximum absolute atomic E-state index is 12.5. The molecule has 21 heavy (non-hydrogen) atoms. The fourth-order valence-electron chi connectivity index (χ4n) is 2.69. The van der Waals surface area contributed by atoms with Crippen LogP contribution in [0.25, 0.3) is 10.8 Å². The highest BCUT2D eigenvalue weighted by Crippen LogP contribution is 2.17. The van der Waals surface area contributed by atoms with Crippen LogP contribution >= 0.6 is 0 Å². The SMILES string of the molecule is Cc1ccccc1C(N)Cn1ccc2ccccc2c1=O. The lowest BCUT2D eigenvalue weighted by Gasteiger charge is -2.16. The van der Waals surface area contributed by atoms with E-state index in [4.69, 9.17) is 5.73 Å². The lowest BCUT2D eigenvalue weighted by molar-refractivity contribution is 0.563. The minimum Gasteiger partial charge on any atom is -0.322 e. The van der Waals surface area contributed by atoms with Crippen LogP contribution in [0.4, 0.5) is 0 Å². The second kappa shape index (κ2) is 5.54. The van der Waals surface area contributed by atoms with Gasteiger partial charge in [0.05, 0.1) is 0 Å². The van der Waals surface area contributed by atoms with Gasteiger partial charge in [0.25, 0.3) is 5.56 Å². The van der Waals surface area contributed by atoms with E-state index in [1.165, 1.54) is 0 Å². The van der Waals surface area contributed by atoms with Gasteiger partial charge in [-0.05, 0) is 35.6 Å². The van der Waals surface area contributed by atoms with Gasteiger partial charge in [-0.2, -0.15) is 0 Å². The van der Waals surface area contributed by atoms with Crippen molar-refractivity contribution in [2.45, 2.75) is 19.5 Å². The molecule has 2 aromatic carbocycles. The molecule has 0 fully saturated rings. The molecule has 0 saturated carbocycles. The summed E-state index contributed by atoms with van der Waals surface area (Å²) in [7, 11) is 0. The molecule has 3 rings (SSSR count). The van der Waals surface area contributed by atoms with Gasteiger partial charge >= 0.3 is 0 Å². The van der Waals surface area contributed by atoms with Gasteiger partial charge in [-0.25, -0.2) is 0 Å². The van der Waals surface area contributed by atoms with Crippen molar-refractivity contribution < 1.29 is 0 Å². The average molecular weight is 278 g/mol. The maximum atomic E-state index is 12.5. The third kappa shape index (κ3) is 2.60. The van der Waals surface area contributed by atoms with Crippen LogP contribution in [-0.2, 0) is 6.54 Å². The van der Waals surface area contributed by atoms with Crippen molar-refractivity contribution in [2.75, 3.05) is 0 Å². The predicted octanol–water partition coefficient (Wildman–Crippen LogP) is 3.01. The summed E-state index contributed by atoms with van der Waals surface area (Å²) in [6.07, 6.45) is 1.82. The standard InChI is InChI=1S/C18H18N2O/c1-13-6-2-4-8-15(13)17(19)12-20-11-10-14-7-3-5-9-16(14)18(20)21/h2-11,17H,12,19H2,1H3. The number of fused-ring (bicyclic) bond motifs is 1. The molecule has 3 nitrogen and oxygen atoms in total. The van der Waals surface area contributed by atoms with Crippen LogP contribution in [0.1, 0.15) is 17.2 Å². The second-order valence-corrected chi connectivity index (χ2v) is 5.32. The van der Waals surface area contributed by atoms with Crippen LogP contribution in [0.2, 0.25) is 0 Å². The Hall–Kier alpha value is -2.39. The Morgan fingerprint density at radius 2 is 1.76 bits per heavy atom. The Bertz CT molecular complexity index is 836. The Balaban J connectivity index is 1.97. The van der Waals surface area contributed by atoms with E-state index < -0.39 is 0 Å². The number of hydrogen-bond acceptors (Lipinski definition) is 2. The molecule has 0 amide bonds. The van der Waals surface area contributed by atoms with Gasteiger partial charge < -0.3 is 10.3 Å². The average Bonchev–Trinajstić information content (AvgIpc) is 2.51. The van der Waals surface area contributed by atoms with Gasteiger partial charge in [0.1, 0.15) is 0 Å². The molecule has 0 saturated heterocycles. The molecule has 0 radical (unpaired) electrons. The number of pyridine rings is 1. The third-order valence-electron chi connectivity index (χ3n) is 3.87. The van der Waals surface area contributed by atoms with Crippen molar-refractivity contribution in [3.63, 3.8) is 0 Å². The van der Waals surface area contributed by atoms with E-state index in [2.05, 4.69) is 0 Å². The molecule has 0 spiro atoms. The van der Waals surface area contributed by atoms with Gasteiger partial charge in [0, 0.05) is 24.2 Å². The van der Waals surface area contributed by atoms with E-state index in [1.54, 1.807) is 4.57 Å². The second-order valence-electron chi connectivity index (χ2n) is 5.32. The number of rotatable bonds is 3. The lowest BCUT2D eigenvalue weighted by atomic mass is 10.0. The third-order valence-corrected chi connectivity index (χ3v) is 3.87. The summed E-state index contributed by atoms with van der Waals surface area (Å²) in [5.41, 5.74) is 8.53. The fourth-order valence-corrected chi connectivity index (χ4v) is 2.69. The molecule has 1 aromatic heterocycles. The molecule has 1 atom stereocenters. The zero-order valence-corrected chi connectivity index (χ0v) is 12.0. The molecule has 0 aliphatic rings. The van der Waals surface area contributed by atoms with E-state index in [9.17, 15) is 4.79 Å². The van der Waals surface area contributed by atoms with Crippen LogP contribution in [0.3, 0.4) is 0 Å². The summed E-state index contributed by atoms with van der Waals surface area (Å²) in [5.74, 6) is 0. The number of aromatic nitrogens is 1. The molecular formula is C18H18N2O. The van der Waals surface area contributed by atoms with Crippen molar-refractivity contribution in [1.29, 1.82) is 0 Å². The van der Waals surface area contributed by atoms with Gasteiger partial charge in [0.15, 0.2) is 0 Å². The first-order valence-corrected chi connectivity index (χ1v) is 7.06. The molecule has 1 unspecified atom stereocenters. The zero-order valence-electron chi connectivity index (χ0n) is 12.0. The fraction of sp³-hybridized carbons (Fsp3) is 0.167. The summed E-state index contributed by atoms with van der Waals surface area (Å²) in [6, 6.07) is 17.4. The highest BCUT2D eigenvalue weighted by atomic mass is 16.1. The van der Waals surface area contributed by atoms with Crippen LogP contribution in [-0.4, -0.2) is 4.57 Å². The molecular weight excluding hydrogens is 260 g/mol. The first kappa shape index (κ1) is 13.6. The summed E-state index contributed by atoms with van der Waals surface area (Å²) >= 11 is 0. The topological polar surface area (TPSA) is 48.0 Å². The van der Waals surface area contributed by atoms with Crippen LogP contribution in [0.15, 0.2) is 65.6 Å². The van der Waals surface area contributed by atoms with Crippen molar-refractivity contribution in [3.8, 4) is 0 Å². The molecule has 1 heterocycles. The van der Waals surface area contributed by atoms with E-state index in [1.807, 2.05) is 67.7 Å². The van der Waals surface area contributed by atoms with E-state index in [0.717, 1.165) is 21.9 Å². The van der Waals surface area contributed by atoms with Crippen LogP contribution < -0.4 is 11.3 Å². The van der Waals surface area contributed by atoms with E-state index in [0.29, 0.717) is 6.54 Å². The Morgan fingerprint density at radius 3 is 2.57 bits per heavy atom. The Labute approximate surface area is 123 Å². The van der Waals surface area contributed by atoms with Crippen molar-refractivity contribution in [3.05, 3.63) is 82.3 Å². The normalized spacial score (nSPS) is 12.5. The molecule has 0 bridgehead atoms. The number of hydrogen-bond donors (Lipinski definition) is 1. The van der Waals surface area contributed by atoms with E-state index >= 15 is 0 Å². The monoisotopic (exact) mass is 278 g/mol. The summed E-state index contributed by atoms with van der Waals surface area (Å²) in [4.78, 5) is 12.5. The Kier molecular flexibility index (Phi) is 3.59. The molecule has 106 valence electrons. The van der Waals surface area contributed by atoms with Gasteiger partial charge in [0.2, 0.25) is 0 Å². The molecule has 0 aliphatic heterocycles. The molecule has 0 aliphatic carbocycles. The first-order valence-electron chi connectivity index (χ1n) is 7.06. The maximum Gasteiger partial charge on any atom is 0.258 e. The highest BCUT2D eigenvalue weighted by molar-refractivity contribution is 5.81. The van der Waals surface area contributed by atoms with Crippen LogP contribution in [0, 0.1) is 6.92 Å². The minimum atomic E-state index is -0.190. The van der Waals surface area contributed by atoms with Gasteiger partial charge in [-0.1, -0.05) is 42.5 Å². The zero-order chi connectivity index (χ0) is 14.8. The molecule has 3 heteroatoms. The summed E-state index contributed by atoms with van der Waals surface area (Å²) < 4.78 is 1.69. The number of aryl methyl sites for hydroxylation is 1. The number of nitrogens with zero attached hydrogens (tertiary/aromatic N) is 1. The lowest BCUT2D eigenvalue weighted by Crippen LogP contribution is -2.26. The largest absolute Gasteiger partial charge is 0.322 e. The van der Waals surface area contributed by atoms with Gasteiger partial charge in [-0.15, -0.1) is 0 Å². The summed E-state index contributed by atoms with van der Waals surface area (Å²) in [5, 5.41) is 1.69. The molecule has 2 N–H and O–H groups in total. The quantitative estimate of drug-likeness (QED) is 0.800. The molecule has 3 aromatic rings. The minimum absolute atomic E-state index is 0.0112. The van der Waals surface area contributed by atoms with Crippen LogP contribution in [0.5, 0.6) is 0 Å². The first-order chi connectivity index (χ1) is 10.2. The van der Waals surface area contributed by atoms with Crippen molar-refractivity contribution in [2.24, 2.45) is 5.73 Å². The number of benzene rings is 2. The summed E-state index contributed by atoms with van der Waals surface area (Å²) in [6.45, 7) is 2.52. The van der Waals surface area contributed by atoms with Crippen molar-refractivity contribution in [1.82, 2.24) is 4.57 Å². The smallest absolute Gasteiger partial charge is 0.258 e. The van der Waals surface area contributed by atoms with Crippen molar-refractivity contribution >= 4 is 10.8 Å². The predicted molar refractivity (Wildman–Crippen MR) is 86.3 cm³/mol. The number of nitrogens with two attached hydrogens (primary N) is 1. The highest BCUT2D eigenvalue weighted by Gasteiger charge is 2.11. The van der Waals surface area contributed by atoms with E-state index in [-0.39, 0.29) is 11.6 Å². The Morgan fingerprint density at radius 1 is 1.05 bits per heavy atom.